The summed E-state index contributed by atoms with van der Waals surface area (Å²) in [6.07, 6.45) is -4.41. The second-order valence-corrected chi connectivity index (χ2v) is 6.24. The molecule has 2 unspecified atom stereocenters. The molecule has 0 aliphatic carbocycles. The summed E-state index contributed by atoms with van der Waals surface area (Å²) in [7, 11) is 0. The van der Waals surface area contributed by atoms with E-state index < -0.39 is 24.2 Å². The van der Waals surface area contributed by atoms with Crippen LogP contribution in [0.4, 0.5) is 13.2 Å². The summed E-state index contributed by atoms with van der Waals surface area (Å²) >= 11 is 0. The number of piperidine rings is 1. The highest BCUT2D eigenvalue weighted by molar-refractivity contribution is 5.77. The number of hydrogen-bond acceptors (Lipinski definition) is 3. The zero-order chi connectivity index (χ0) is 17.9. The number of benzene rings is 1. The average Bonchev–Trinajstić information content (AvgIpc) is 2.50. The van der Waals surface area contributed by atoms with E-state index in [1.807, 2.05) is 26.0 Å². The van der Waals surface area contributed by atoms with E-state index in [-0.39, 0.29) is 32.4 Å². The third-order valence-corrected chi connectivity index (χ3v) is 4.44. The lowest BCUT2D eigenvalue weighted by Crippen LogP contribution is -2.56. The van der Waals surface area contributed by atoms with Gasteiger partial charge < -0.3 is 15.4 Å². The Bertz CT molecular complexity index is 590. The normalized spacial score (nSPS) is 21.7. The second kappa shape index (κ2) is 7.42. The van der Waals surface area contributed by atoms with Crippen molar-refractivity contribution in [2.75, 3.05) is 13.2 Å². The highest BCUT2D eigenvalue weighted by Crippen LogP contribution is 2.32. The molecule has 0 aromatic heterocycles. The monoisotopic (exact) mass is 344 g/mol. The van der Waals surface area contributed by atoms with Gasteiger partial charge in [-0.05, 0) is 43.9 Å². The zero-order valence-electron chi connectivity index (χ0n) is 13.9. The Morgan fingerprint density at radius 1 is 1.33 bits per heavy atom. The number of alkyl halides is 3. The average molecular weight is 344 g/mol. The van der Waals surface area contributed by atoms with E-state index in [4.69, 9.17) is 10.5 Å². The largest absolute Gasteiger partial charge is 0.493 e. The Labute approximate surface area is 139 Å². The van der Waals surface area contributed by atoms with Crippen molar-refractivity contribution in [3.8, 4) is 5.75 Å². The molecule has 7 heteroatoms. The van der Waals surface area contributed by atoms with Gasteiger partial charge in [-0.1, -0.05) is 12.1 Å². The van der Waals surface area contributed by atoms with Crippen LogP contribution in [0.15, 0.2) is 18.2 Å². The molecule has 0 bridgehead atoms. The van der Waals surface area contributed by atoms with Crippen LogP contribution in [-0.2, 0) is 4.79 Å². The van der Waals surface area contributed by atoms with Crippen molar-refractivity contribution < 1.29 is 22.7 Å². The van der Waals surface area contributed by atoms with E-state index in [0.29, 0.717) is 5.75 Å². The standard InChI is InChI=1S/C17H23F3N2O2/c1-11-4-3-5-14(12(11)2)24-9-8-16(23)22-10-13(21)6-7-15(22)17(18,19)20/h3-5,13,15H,6-10,21H2,1-2H3. The summed E-state index contributed by atoms with van der Waals surface area (Å²) in [4.78, 5) is 13.1. The molecule has 1 heterocycles. The Balaban J connectivity index is 1.96. The first kappa shape index (κ1) is 18.6. The minimum absolute atomic E-state index is 0.0411. The molecule has 0 spiro atoms. The summed E-state index contributed by atoms with van der Waals surface area (Å²) in [5.41, 5.74) is 7.74. The van der Waals surface area contributed by atoms with Gasteiger partial charge in [-0.25, -0.2) is 0 Å². The lowest BCUT2D eigenvalue weighted by atomic mass is 9.98. The first-order valence-corrected chi connectivity index (χ1v) is 8.01. The van der Waals surface area contributed by atoms with Crippen LogP contribution in [0.2, 0.25) is 0 Å². The van der Waals surface area contributed by atoms with E-state index in [1.54, 1.807) is 6.07 Å². The maximum atomic E-state index is 13.1. The molecular formula is C17H23F3N2O2. The molecule has 1 aliphatic heterocycles. The predicted molar refractivity (Wildman–Crippen MR) is 84.8 cm³/mol. The Kier molecular flexibility index (Phi) is 5.74. The van der Waals surface area contributed by atoms with Gasteiger partial charge >= 0.3 is 6.18 Å². The molecule has 1 aromatic rings. The smallest absolute Gasteiger partial charge is 0.408 e. The van der Waals surface area contributed by atoms with Gasteiger partial charge in [-0.3, -0.25) is 4.79 Å². The first-order chi connectivity index (χ1) is 11.2. The van der Waals surface area contributed by atoms with Crippen molar-refractivity contribution in [3.05, 3.63) is 29.3 Å². The molecule has 1 aromatic carbocycles. The molecule has 2 N–H and O–H groups in total. The fraction of sp³-hybridized carbons (Fsp3) is 0.588. The highest BCUT2D eigenvalue weighted by atomic mass is 19.4. The number of nitrogens with two attached hydrogens (primary N) is 1. The first-order valence-electron chi connectivity index (χ1n) is 8.01. The topological polar surface area (TPSA) is 55.6 Å². The number of carbonyl (C=O) groups excluding carboxylic acids is 1. The van der Waals surface area contributed by atoms with Gasteiger partial charge in [-0.2, -0.15) is 13.2 Å². The summed E-state index contributed by atoms with van der Waals surface area (Å²) in [6, 6.07) is 3.40. The molecular weight excluding hydrogens is 321 g/mol. The van der Waals surface area contributed by atoms with Crippen molar-refractivity contribution in [1.29, 1.82) is 0 Å². The zero-order valence-corrected chi connectivity index (χ0v) is 13.9. The molecule has 24 heavy (non-hydrogen) atoms. The number of rotatable bonds is 4. The lowest BCUT2D eigenvalue weighted by Gasteiger charge is -2.39. The molecule has 134 valence electrons. The molecule has 1 aliphatic rings. The van der Waals surface area contributed by atoms with Crippen LogP contribution in [0.5, 0.6) is 5.75 Å². The number of ether oxygens (including phenoxy) is 1. The number of aryl methyl sites for hydroxylation is 1. The molecule has 0 radical (unpaired) electrons. The number of likely N-dealkylation sites (tertiary alicyclic amines) is 1. The van der Waals surface area contributed by atoms with Crippen LogP contribution < -0.4 is 10.5 Å². The van der Waals surface area contributed by atoms with Gasteiger partial charge in [0.15, 0.2) is 0 Å². The van der Waals surface area contributed by atoms with Crippen molar-refractivity contribution >= 4 is 5.91 Å². The van der Waals surface area contributed by atoms with Gasteiger partial charge in [0, 0.05) is 12.6 Å². The van der Waals surface area contributed by atoms with Gasteiger partial charge in [-0.15, -0.1) is 0 Å². The number of hydrogen-bond donors (Lipinski definition) is 1. The number of amides is 1. The van der Waals surface area contributed by atoms with Crippen molar-refractivity contribution in [2.45, 2.75) is 51.4 Å². The van der Waals surface area contributed by atoms with Gasteiger partial charge in [0.05, 0.1) is 13.0 Å². The minimum Gasteiger partial charge on any atom is -0.493 e. The number of nitrogens with zero attached hydrogens (tertiary/aromatic N) is 1. The van der Waals surface area contributed by atoms with Crippen LogP contribution in [0.25, 0.3) is 0 Å². The van der Waals surface area contributed by atoms with Gasteiger partial charge in [0.1, 0.15) is 11.8 Å². The quantitative estimate of drug-likeness (QED) is 0.914. The van der Waals surface area contributed by atoms with E-state index in [1.165, 1.54) is 0 Å². The summed E-state index contributed by atoms with van der Waals surface area (Å²) in [6.45, 7) is 3.82. The Morgan fingerprint density at radius 2 is 2.04 bits per heavy atom. The van der Waals surface area contributed by atoms with Crippen LogP contribution >= 0.6 is 0 Å². The second-order valence-electron chi connectivity index (χ2n) is 6.24. The molecule has 1 amide bonds. The molecule has 1 saturated heterocycles. The molecule has 1 fully saturated rings. The number of halogens is 3. The van der Waals surface area contributed by atoms with Gasteiger partial charge in [0.25, 0.3) is 0 Å². The van der Waals surface area contributed by atoms with E-state index in [9.17, 15) is 18.0 Å². The maximum Gasteiger partial charge on any atom is 0.408 e. The molecule has 2 rings (SSSR count). The summed E-state index contributed by atoms with van der Waals surface area (Å²) < 4.78 is 44.9. The van der Waals surface area contributed by atoms with Gasteiger partial charge in [0.2, 0.25) is 5.91 Å². The summed E-state index contributed by atoms with van der Waals surface area (Å²) in [5.74, 6) is 0.0725. The maximum absolute atomic E-state index is 13.1. The van der Waals surface area contributed by atoms with Crippen LogP contribution in [0, 0.1) is 13.8 Å². The van der Waals surface area contributed by atoms with E-state index >= 15 is 0 Å². The third kappa shape index (κ3) is 4.41. The summed E-state index contributed by atoms with van der Waals surface area (Å²) in [5, 5.41) is 0. The fourth-order valence-electron chi connectivity index (χ4n) is 2.89. The number of carbonyl (C=O) groups is 1. The molecule has 0 saturated carbocycles. The van der Waals surface area contributed by atoms with Crippen LogP contribution in [0.3, 0.4) is 0 Å². The molecule has 2 atom stereocenters. The van der Waals surface area contributed by atoms with Crippen LogP contribution in [0.1, 0.15) is 30.4 Å². The predicted octanol–water partition coefficient (Wildman–Crippen LogP) is 2.95. The van der Waals surface area contributed by atoms with Crippen molar-refractivity contribution in [3.63, 3.8) is 0 Å². The Hall–Kier alpha value is -1.76. The third-order valence-electron chi connectivity index (χ3n) is 4.44. The van der Waals surface area contributed by atoms with Crippen molar-refractivity contribution in [2.24, 2.45) is 5.73 Å². The Morgan fingerprint density at radius 3 is 2.71 bits per heavy atom. The fourth-order valence-corrected chi connectivity index (χ4v) is 2.89. The van der Waals surface area contributed by atoms with E-state index in [2.05, 4.69) is 0 Å². The highest BCUT2D eigenvalue weighted by Gasteiger charge is 2.47. The van der Waals surface area contributed by atoms with Crippen LogP contribution in [-0.4, -0.2) is 42.2 Å². The molecule has 4 nitrogen and oxygen atoms in total. The lowest BCUT2D eigenvalue weighted by molar-refractivity contribution is -0.197. The van der Waals surface area contributed by atoms with Crippen molar-refractivity contribution in [1.82, 2.24) is 4.90 Å². The SMILES string of the molecule is Cc1cccc(OCCC(=O)N2CC(N)CCC2C(F)(F)F)c1C. The minimum atomic E-state index is -4.43. The van der Waals surface area contributed by atoms with E-state index in [0.717, 1.165) is 16.0 Å².